The molecule has 0 amide bonds. The summed E-state index contributed by atoms with van der Waals surface area (Å²) < 4.78 is 11.2. The van der Waals surface area contributed by atoms with Crippen molar-refractivity contribution in [2.75, 3.05) is 14.2 Å². The zero-order valence-electron chi connectivity index (χ0n) is 15.1. The number of aromatic nitrogens is 1. The summed E-state index contributed by atoms with van der Waals surface area (Å²) in [7, 11) is 2.72. The number of carbonyl (C=O) groups excluding carboxylic acids is 2. The Balaban J connectivity index is 2.10. The highest BCUT2D eigenvalue weighted by atomic mass is 32.1. The Morgan fingerprint density at radius 3 is 2.71 bits per heavy atom. The molecule has 0 aliphatic carbocycles. The second-order valence-corrected chi connectivity index (χ2v) is 7.02. The fraction of sp³-hybridized carbons (Fsp3) is 0.0952. The smallest absolute Gasteiger partial charge is 0.338 e. The maximum Gasteiger partial charge on any atom is 0.338 e. The van der Waals surface area contributed by atoms with E-state index in [0.29, 0.717) is 28.5 Å². The summed E-state index contributed by atoms with van der Waals surface area (Å²) in [5.74, 6) is -0.500. The van der Waals surface area contributed by atoms with Gasteiger partial charge in [-0.3, -0.25) is 9.78 Å². The number of ether oxygens (including phenoxy) is 2. The minimum Gasteiger partial charge on any atom is -0.504 e. The number of hydrogen-bond acceptors (Lipinski definition) is 7. The van der Waals surface area contributed by atoms with E-state index in [1.165, 1.54) is 26.4 Å². The summed E-state index contributed by atoms with van der Waals surface area (Å²) in [6, 6.07) is 8.28. The van der Waals surface area contributed by atoms with Crippen LogP contribution in [-0.2, 0) is 4.74 Å². The zero-order chi connectivity index (χ0) is 19.8. The number of pyridine rings is 1. The highest BCUT2D eigenvalue weighted by Gasteiger charge is 2.20. The number of nitrogens with zero attached hydrogens (tertiary/aromatic N) is 1. The number of esters is 1. The van der Waals surface area contributed by atoms with Gasteiger partial charge in [-0.2, -0.15) is 0 Å². The molecule has 0 aliphatic heterocycles. The van der Waals surface area contributed by atoms with Crippen molar-refractivity contribution in [1.29, 1.82) is 0 Å². The number of benzene rings is 2. The van der Waals surface area contributed by atoms with Gasteiger partial charge in [-0.25, -0.2) is 4.79 Å². The number of thiophene rings is 1. The predicted octanol–water partition coefficient (Wildman–Crippen LogP) is 4.43. The van der Waals surface area contributed by atoms with Gasteiger partial charge in [-0.1, -0.05) is 0 Å². The average Bonchev–Trinajstić information content (AvgIpc) is 3.21. The number of aldehydes is 1. The van der Waals surface area contributed by atoms with Crippen LogP contribution in [0.3, 0.4) is 0 Å². The van der Waals surface area contributed by atoms with E-state index in [1.54, 1.807) is 29.7 Å². The van der Waals surface area contributed by atoms with Gasteiger partial charge >= 0.3 is 5.97 Å². The molecule has 4 aromatic rings. The third kappa shape index (κ3) is 2.76. The molecule has 0 aliphatic rings. The summed E-state index contributed by atoms with van der Waals surface area (Å²) in [5, 5.41) is 13.8. The lowest BCUT2D eigenvalue weighted by Crippen LogP contribution is -2.05. The van der Waals surface area contributed by atoms with Crippen LogP contribution in [0.4, 0.5) is 0 Å². The Morgan fingerprint density at radius 2 is 2.00 bits per heavy atom. The highest BCUT2D eigenvalue weighted by molar-refractivity contribution is 7.18. The largest absolute Gasteiger partial charge is 0.504 e. The molecule has 140 valence electrons. The van der Waals surface area contributed by atoms with Gasteiger partial charge in [-0.05, 0) is 46.8 Å². The number of methoxy groups -OCH3 is 2. The molecule has 0 unspecified atom stereocenters. The Morgan fingerprint density at radius 1 is 1.18 bits per heavy atom. The Kier molecular flexibility index (Phi) is 4.44. The van der Waals surface area contributed by atoms with Gasteiger partial charge in [0.05, 0.1) is 25.3 Å². The van der Waals surface area contributed by atoms with E-state index < -0.39 is 5.97 Å². The van der Waals surface area contributed by atoms with E-state index >= 15 is 0 Å². The molecule has 6 nitrogen and oxygen atoms in total. The maximum absolute atomic E-state index is 12.5. The average molecular weight is 393 g/mol. The number of phenols is 1. The molecule has 0 saturated carbocycles. The Labute approximate surface area is 164 Å². The number of hydrogen-bond donors (Lipinski definition) is 1. The Bertz CT molecular complexity index is 1240. The van der Waals surface area contributed by atoms with Crippen molar-refractivity contribution in [3.63, 3.8) is 0 Å². The SMILES string of the molecule is COC(=O)c1cc2c(cc1-c1cc(OC)c(O)cc1C=O)ncc1ccsc12. The quantitative estimate of drug-likeness (QED) is 0.408. The molecule has 2 aromatic carbocycles. The van der Waals surface area contributed by atoms with Crippen LogP contribution >= 0.6 is 11.3 Å². The number of phenolic OH excluding ortho intramolecular Hbond substituents is 1. The van der Waals surface area contributed by atoms with Crippen molar-refractivity contribution in [2.45, 2.75) is 0 Å². The van der Waals surface area contributed by atoms with Crippen LogP contribution in [0, 0.1) is 0 Å². The van der Waals surface area contributed by atoms with E-state index in [2.05, 4.69) is 4.98 Å². The van der Waals surface area contributed by atoms with E-state index in [4.69, 9.17) is 9.47 Å². The maximum atomic E-state index is 12.5. The van der Waals surface area contributed by atoms with Crippen LogP contribution in [0.15, 0.2) is 41.9 Å². The fourth-order valence-corrected chi connectivity index (χ4v) is 4.13. The first kappa shape index (κ1) is 17.9. The molecule has 0 bridgehead atoms. The molecule has 7 heteroatoms. The molecule has 0 atom stereocenters. The van der Waals surface area contributed by atoms with Crippen LogP contribution < -0.4 is 4.74 Å². The van der Waals surface area contributed by atoms with E-state index in [1.807, 2.05) is 11.4 Å². The zero-order valence-corrected chi connectivity index (χ0v) is 15.9. The molecule has 0 radical (unpaired) electrons. The van der Waals surface area contributed by atoms with Gasteiger partial charge in [0.1, 0.15) is 0 Å². The van der Waals surface area contributed by atoms with Crippen molar-refractivity contribution >= 4 is 44.6 Å². The van der Waals surface area contributed by atoms with Crippen molar-refractivity contribution < 1.29 is 24.2 Å². The monoisotopic (exact) mass is 393 g/mol. The number of rotatable bonds is 4. The highest BCUT2D eigenvalue weighted by Crippen LogP contribution is 2.39. The summed E-state index contributed by atoms with van der Waals surface area (Å²) in [5.41, 5.74) is 2.12. The van der Waals surface area contributed by atoms with Gasteiger partial charge < -0.3 is 14.6 Å². The second-order valence-electron chi connectivity index (χ2n) is 6.10. The van der Waals surface area contributed by atoms with E-state index in [9.17, 15) is 14.7 Å². The molecule has 0 saturated heterocycles. The molecule has 0 fully saturated rings. The summed E-state index contributed by atoms with van der Waals surface area (Å²) in [6.07, 6.45) is 2.39. The third-order valence-corrected chi connectivity index (χ3v) is 5.56. The van der Waals surface area contributed by atoms with Crippen LogP contribution in [0.25, 0.3) is 32.1 Å². The van der Waals surface area contributed by atoms with Crippen molar-refractivity contribution in [1.82, 2.24) is 4.98 Å². The van der Waals surface area contributed by atoms with Gasteiger partial charge in [0, 0.05) is 27.2 Å². The normalized spacial score (nSPS) is 10.9. The van der Waals surface area contributed by atoms with E-state index in [0.717, 1.165) is 15.5 Å². The van der Waals surface area contributed by atoms with Gasteiger partial charge in [0.2, 0.25) is 0 Å². The van der Waals surface area contributed by atoms with Gasteiger partial charge in [0.25, 0.3) is 0 Å². The first-order valence-corrected chi connectivity index (χ1v) is 9.20. The molecular formula is C21H15NO5S. The second kappa shape index (κ2) is 6.94. The molecule has 28 heavy (non-hydrogen) atoms. The predicted molar refractivity (Wildman–Crippen MR) is 108 cm³/mol. The summed E-state index contributed by atoms with van der Waals surface area (Å²) in [6.45, 7) is 0. The van der Waals surface area contributed by atoms with Crippen LogP contribution in [-0.4, -0.2) is 36.6 Å². The minimum absolute atomic E-state index is 0.160. The first-order valence-electron chi connectivity index (χ1n) is 8.32. The number of fused-ring (bicyclic) bond motifs is 3. The number of carbonyl (C=O) groups is 2. The minimum atomic E-state index is -0.533. The fourth-order valence-electron chi connectivity index (χ4n) is 3.24. The molecule has 0 spiro atoms. The third-order valence-electron chi connectivity index (χ3n) is 4.59. The van der Waals surface area contributed by atoms with Gasteiger partial charge in [-0.15, -0.1) is 11.3 Å². The number of aromatic hydroxyl groups is 1. The van der Waals surface area contributed by atoms with Crippen molar-refractivity contribution in [3.05, 3.63) is 53.0 Å². The van der Waals surface area contributed by atoms with Crippen molar-refractivity contribution in [3.8, 4) is 22.6 Å². The van der Waals surface area contributed by atoms with Gasteiger partial charge in [0.15, 0.2) is 17.8 Å². The van der Waals surface area contributed by atoms with Crippen LogP contribution in [0.2, 0.25) is 0 Å². The van der Waals surface area contributed by atoms with Crippen LogP contribution in [0.1, 0.15) is 20.7 Å². The van der Waals surface area contributed by atoms with E-state index in [-0.39, 0.29) is 17.1 Å². The van der Waals surface area contributed by atoms with Crippen molar-refractivity contribution in [2.24, 2.45) is 0 Å². The Hall–Kier alpha value is -3.45. The summed E-state index contributed by atoms with van der Waals surface area (Å²) >= 11 is 1.56. The molecule has 2 heterocycles. The molecular weight excluding hydrogens is 378 g/mol. The molecule has 4 rings (SSSR count). The lowest BCUT2D eigenvalue weighted by atomic mass is 9.93. The summed E-state index contributed by atoms with van der Waals surface area (Å²) in [4.78, 5) is 28.7. The molecule has 2 aromatic heterocycles. The molecule has 1 N–H and O–H groups in total. The standard InChI is InChI=1S/C21H15NO5S/c1-26-19-8-13(12(10-23)5-18(19)24)14-7-17-16(6-15(14)21(25)27-2)20-11(9-22-17)3-4-28-20/h3-10,24H,1-2H3. The lowest BCUT2D eigenvalue weighted by molar-refractivity contribution is 0.0601. The lowest BCUT2D eigenvalue weighted by Gasteiger charge is -2.14. The first-order chi connectivity index (χ1) is 13.6. The topological polar surface area (TPSA) is 85.7 Å². The van der Waals surface area contributed by atoms with Crippen LogP contribution in [0.5, 0.6) is 11.5 Å².